The third kappa shape index (κ3) is 5.33. The van der Waals surface area contributed by atoms with Crippen LogP contribution in [0.15, 0.2) is 30.3 Å². The molecule has 1 N–H and O–H groups in total. The van der Waals surface area contributed by atoms with Gasteiger partial charge in [-0.3, -0.25) is 0 Å². The van der Waals surface area contributed by atoms with E-state index in [2.05, 4.69) is 68.4 Å². The molecule has 1 unspecified atom stereocenters. The maximum Gasteiger partial charge on any atom is 0.0332 e. The Hall–Kier alpha value is -0.860. The van der Waals surface area contributed by atoms with Crippen molar-refractivity contribution in [1.29, 1.82) is 0 Å². The van der Waals surface area contributed by atoms with Crippen LogP contribution in [0.25, 0.3) is 0 Å². The van der Waals surface area contributed by atoms with E-state index >= 15 is 0 Å². The molecule has 0 bridgehead atoms. The lowest BCUT2D eigenvalue weighted by Crippen LogP contribution is -2.34. The van der Waals surface area contributed by atoms with Gasteiger partial charge in [-0.15, -0.1) is 0 Å². The van der Waals surface area contributed by atoms with Gasteiger partial charge >= 0.3 is 0 Å². The fourth-order valence-corrected chi connectivity index (χ4v) is 2.75. The largest absolute Gasteiger partial charge is 0.310 e. The standard InChI is InChI=1S/C17H30N2/c1-5-16(6-2)19(4)14-13-17(18-7-3)15-11-9-8-10-12-15/h8-12,16-18H,5-7,13-14H2,1-4H3. The molecular formula is C17H30N2. The zero-order valence-electron chi connectivity index (χ0n) is 13.0. The SMILES string of the molecule is CCNC(CCN(C)C(CC)CC)c1ccccc1. The fraction of sp³-hybridized carbons (Fsp3) is 0.647. The molecule has 0 amide bonds. The summed E-state index contributed by atoms with van der Waals surface area (Å²) in [7, 11) is 2.26. The molecule has 1 atom stereocenters. The molecule has 0 fully saturated rings. The van der Waals surface area contributed by atoms with Crippen molar-refractivity contribution in [2.75, 3.05) is 20.1 Å². The summed E-state index contributed by atoms with van der Waals surface area (Å²) in [6.45, 7) is 8.92. The van der Waals surface area contributed by atoms with Crippen LogP contribution in [0.1, 0.15) is 51.6 Å². The maximum atomic E-state index is 3.60. The molecule has 0 spiro atoms. The van der Waals surface area contributed by atoms with E-state index in [9.17, 15) is 0 Å². The highest BCUT2D eigenvalue weighted by molar-refractivity contribution is 5.18. The molecule has 0 saturated heterocycles. The summed E-state index contributed by atoms with van der Waals surface area (Å²) < 4.78 is 0. The molecular weight excluding hydrogens is 232 g/mol. The summed E-state index contributed by atoms with van der Waals surface area (Å²) in [4.78, 5) is 2.51. The first-order valence-corrected chi connectivity index (χ1v) is 7.71. The molecule has 108 valence electrons. The quantitative estimate of drug-likeness (QED) is 0.727. The molecule has 0 aliphatic carbocycles. The van der Waals surface area contributed by atoms with E-state index in [-0.39, 0.29) is 0 Å². The van der Waals surface area contributed by atoms with Gasteiger partial charge in [0.05, 0.1) is 0 Å². The summed E-state index contributed by atoms with van der Waals surface area (Å²) in [6, 6.07) is 12.0. The first kappa shape index (κ1) is 16.2. The monoisotopic (exact) mass is 262 g/mol. The molecule has 0 aliphatic rings. The van der Waals surface area contributed by atoms with Gasteiger partial charge in [-0.25, -0.2) is 0 Å². The fourth-order valence-electron chi connectivity index (χ4n) is 2.75. The Labute approximate surface area is 119 Å². The van der Waals surface area contributed by atoms with Crippen LogP contribution < -0.4 is 5.32 Å². The molecule has 0 aromatic heterocycles. The molecule has 0 radical (unpaired) electrons. The highest BCUT2D eigenvalue weighted by Gasteiger charge is 2.14. The van der Waals surface area contributed by atoms with E-state index in [0.717, 1.165) is 19.1 Å². The van der Waals surface area contributed by atoms with Gasteiger partial charge in [-0.2, -0.15) is 0 Å². The lowest BCUT2D eigenvalue weighted by atomic mass is 10.0. The number of benzene rings is 1. The maximum absolute atomic E-state index is 3.60. The van der Waals surface area contributed by atoms with Crippen LogP contribution in [-0.4, -0.2) is 31.1 Å². The van der Waals surface area contributed by atoms with E-state index < -0.39 is 0 Å². The Morgan fingerprint density at radius 1 is 1.05 bits per heavy atom. The topological polar surface area (TPSA) is 15.3 Å². The molecule has 2 heteroatoms. The Balaban J connectivity index is 2.55. The highest BCUT2D eigenvalue weighted by Crippen LogP contribution is 2.18. The predicted molar refractivity (Wildman–Crippen MR) is 84.5 cm³/mol. The van der Waals surface area contributed by atoms with Crippen molar-refractivity contribution in [2.24, 2.45) is 0 Å². The summed E-state index contributed by atoms with van der Waals surface area (Å²) >= 11 is 0. The minimum absolute atomic E-state index is 0.475. The number of hydrogen-bond donors (Lipinski definition) is 1. The van der Waals surface area contributed by atoms with Crippen molar-refractivity contribution in [2.45, 2.75) is 52.1 Å². The first-order valence-electron chi connectivity index (χ1n) is 7.71. The second kappa shape index (κ2) is 9.11. The Morgan fingerprint density at radius 2 is 1.68 bits per heavy atom. The summed E-state index contributed by atoms with van der Waals surface area (Å²) in [5.74, 6) is 0. The molecule has 2 nitrogen and oxygen atoms in total. The third-order valence-electron chi connectivity index (χ3n) is 3.99. The molecule has 1 aromatic rings. The van der Waals surface area contributed by atoms with Crippen molar-refractivity contribution in [3.8, 4) is 0 Å². The van der Waals surface area contributed by atoms with Crippen LogP contribution in [-0.2, 0) is 0 Å². The van der Waals surface area contributed by atoms with Crippen molar-refractivity contribution in [1.82, 2.24) is 10.2 Å². The third-order valence-corrected chi connectivity index (χ3v) is 3.99. The number of nitrogens with zero attached hydrogens (tertiary/aromatic N) is 1. The predicted octanol–water partition coefficient (Wildman–Crippen LogP) is 3.85. The minimum atomic E-state index is 0.475. The van der Waals surface area contributed by atoms with Gasteiger partial charge in [0.2, 0.25) is 0 Å². The van der Waals surface area contributed by atoms with Gasteiger partial charge in [0.15, 0.2) is 0 Å². The van der Waals surface area contributed by atoms with Gasteiger partial charge < -0.3 is 10.2 Å². The van der Waals surface area contributed by atoms with E-state index in [4.69, 9.17) is 0 Å². The van der Waals surface area contributed by atoms with E-state index in [1.165, 1.54) is 24.8 Å². The Kier molecular flexibility index (Phi) is 7.76. The lowest BCUT2D eigenvalue weighted by molar-refractivity contribution is 0.218. The first-order chi connectivity index (χ1) is 9.22. The average Bonchev–Trinajstić information content (AvgIpc) is 2.45. The Bertz CT molecular complexity index is 319. The van der Waals surface area contributed by atoms with Gasteiger partial charge in [0.25, 0.3) is 0 Å². The molecule has 0 saturated carbocycles. The van der Waals surface area contributed by atoms with Crippen LogP contribution >= 0.6 is 0 Å². The normalized spacial score (nSPS) is 13.2. The number of rotatable bonds is 9. The van der Waals surface area contributed by atoms with E-state index in [0.29, 0.717) is 6.04 Å². The molecule has 0 aliphatic heterocycles. The smallest absolute Gasteiger partial charge is 0.0332 e. The van der Waals surface area contributed by atoms with Crippen LogP contribution in [0.3, 0.4) is 0 Å². The summed E-state index contributed by atoms with van der Waals surface area (Å²) in [6.07, 6.45) is 3.65. The minimum Gasteiger partial charge on any atom is -0.310 e. The molecule has 0 heterocycles. The van der Waals surface area contributed by atoms with Crippen molar-refractivity contribution < 1.29 is 0 Å². The zero-order chi connectivity index (χ0) is 14.1. The molecule has 1 rings (SSSR count). The van der Waals surface area contributed by atoms with Crippen LogP contribution in [0.5, 0.6) is 0 Å². The zero-order valence-corrected chi connectivity index (χ0v) is 13.0. The van der Waals surface area contributed by atoms with Crippen molar-refractivity contribution in [3.63, 3.8) is 0 Å². The molecule has 19 heavy (non-hydrogen) atoms. The highest BCUT2D eigenvalue weighted by atomic mass is 15.1. The van der Waals surface area contributed by atoms with Crippen LogP contribution in [0, 0.1) is 0 Å². The Morgan fingerprint density at radius 3 is 2.21 bits per heavy atom. The number of hydrogen-bond acceptors (Lipinski definition) is 2. The lowest BCUT2D eigenvalue weighted by Gasteiger charge is -2.28. The molecule has 1 aromatic carbocycles. The van der Waals surface area contributed by atoms with Crippen molar-refractivity contribution >= 4 is 0 Å². The van der Waals surface area contributed by atoms with Crippen molar-refractivity contribution in [3.05, 3.63) is 35.9 Å². The van der Waals surface area contributed by atoms with E-state index in [1.54, 1.807) is 0 Å². The second-order valence-electron chi connectivity index (χ2n) is 5.26. The van der Waals surface area contributed by atoms with Crippen LogP contribution in [0.2, 0.25) is 0 Å². The summed E-state index contributed by atoms with van der Waals surface area (Å²) in [5, 5.41) is 3.60. The van der Waals surface area contributed by atoms with Gasteiger partial charge in [0, 0.05) is 12.1 Å². The van der Waals surface area contributed by atoms with Crippen LogP contribution in [0.4, 0.5) is 0 Å². The average molecular weight is 262 g/mol. The number of nitrogens with one attached hydrogen (secondary N) is 1. The summed E-state index contributed by atoms with van der Waals surface area (Å²) in [5.41, 5.74) is 1.40. The van der Waals surface area contributed by atoms with Gasteiger partial charge in [-0.1, -0.05) is 51.1 Å². The second-order valence-corrected chi connectivity index (χ2v) is 5.26. The van der Waals surface area contributed by atoms with Gasteiger partial charge in [0.1, 0.15) is 0 Å². The van der Waals surface area contributed by atoms with E-state index in [1.807, 2.05) is 0 Å². The van der Waals surface area contributed by atoms with Gasteiger partial charge in [-0.05, 0) is 45.0 Å².